The van der Waals surface area contributed by atoms with Crippen molar-refractivity contribution in [2.75, 3.05) is 0 Å². The average molecular weight is 481 g/mol. The first-order valence-electron chi connectivity index (χ1n) is 13.2. The smallest absolute Gasteiger partial charge is 0.343 e. The SMILES string of the molecule is C[C@]12CC[C@@H]3c4ccc(OC(=O)c5ccccc5)cc4CC[C@@H]3[C@H]1CC[C@@H]2OC(=O)c1ccccc1. The number of fused-ring (bicyclic) bond motifs is 5. The number of ether oxygens (including phenoxy) is 2. The number of hydrogen-bond acceptors (Lipinski definition) is 4. The highest BCUT2D eigenvalue weighted by Gasteiger charge is 2.56. The molecule has 2 fully saturated rings. The van der Waals surface area contributed by atoms with E-state index in [-0.39, 0.29) is 23.5 Å². The molecule has 3 aliphatic carbocycles. The standard InChI is InChI=1S/C32H32O4/c1-32-19-18-26-25-15-13-24(35-30(33)21-8-4-2-5-9-21)20-23(25)12-14-27(26)28(32)16-17-29(32)36-31(34)22-10-6-3-7-11-22/h2-11,13,15,20,26-29H,12,14,16-19H2,1H3/t26-,27+,28-,29+,32+/m1/s1. The van der Waals surface area contributed by atoms with Gasteiger partial charge in [0.25, 0.3) is 0 Å². The van der Waals surface area contributed by atoms with E-state index in [2.05, 4.69) is 19.1 Å². The Labute approximate surface area is 212 Å². The molecule has 0 N–H and O–H groups in total. The van der Waals surface area contributed by atoms with Gasteiger partial charge in [0.15, 0.2) is 0 Å². The lowest BCUT2D eigenvalue weighted by Gasteiger charge is -2.50. The predicted molar refractivity (Wildman–Crippen MR) is 138 cm³/mol. The normalized spacial score (nSPS) is 28.4. The molecule has 0 aromatic heterocycles. The molecule has 4 heteroatoms. The minimum atomic E-state index is -0.320. The Morgan fingerprint density at radius 3 is 2.22 bits per heavy atom. The fraction of sp³-hybridized carbons (Fsp3) is 0.375. The molecule has 3 aromatic carbocycles. The topological polar surface area (TPSA) is 52.6 Å². The van der Waals surface area contributed by atoms with E-state index < -0.39 is 0 Å². The van der Waals surface area contributed by atoms with Crippen molar-refractivity contribution < 1.29 is 19.1 Å². The maximum Gasteiger partial charge on any atom is 0.343 e. The Morgan fingerprint density at radius 2 is 1.50 bits per heavy atom. The van der Waals surface area contributed by atoms with Crippen LogP contribution in [0.3, 0.4) is 0 Å². The monoisotopic (exact) mass is 480 g/mol. The summed E-state index contributed by atoms with van der Waals surface area (Å²) in [4.78, 5) is 25.3. The van der Waals surface area contributed by atoms with Crippen LogP contribution in [0.1, 0.15) is 76.8 Å². The van der Waals surface area contributed by atoms with Crippen LogP contribution in [0.25, 0.3) is 0 Å². The van der Waals surface area contributed by atoms with Crippen LogP contribution in [0.4, 0.5) is 0 Å². The Kier molecular flexibility index (Phi) is 5.91. The van der Waals surface area contributed by atoms with Gasteiger partial charge >= 0.3 is 11.9 Å². The largest absolute Gasteiger partial charge is 0.458 e. The van der Waals surface area contributed by atoms with Gasteiger partial charge < -0.3 is 9.47 Å². The molecule has 3 aromatic rings. The summed E-state index contributed by atoms with van der Waals surface area (Å²) in [6.45, 7) is 2.35. The lowest BCUT2D eigenvalue weighted by Crippen LogP contribution is -2.45. The first-order valence-corrected chi connectivity index (χ1v) is 13.2. The zero-order chi connectivity index (χ0) is 24.7. The molecule has 0 unspecified atom stereocenters. The summed E-state index contributed by atoms with van der Waals surface area (Å²) in [6, 6.07) is 24.7. The first kappa shape index (κ1) is 23.0. The Hall–Kier alpha value is -3.40. The summed E-state index contributed by atoms with van der Waals surface area (Å²) in [5.74, 6) is 1.79. The molecule has 36 heavy (non-hydrogen) atoms. The van der Waals surface area contributed by atoms with Crippen LogP contribution >= 0.6 is 0 Å². The second kappa shape index (κ2) is 9.24. The van der Waals surface area contributed by atoms with E-state index in [4.69, 9.17) is 9.47 Å². The molecule has 6 rings (SSSR count). The summed E-state index contributed by atoms with van der Waals surface area (Å²) in [7, 11) is 0. The third kappa shape index (κ3) is 4.03. The van der Waals surface area contributed by atoms with Crippen molar-refractivity contribution in [1.29, 1.82) is 0 Å². The number of carbonyl (C=O) groups is 2. The average Bonchev–Trinajstić information content (AvgIpc) is 3.25. The van der Waals surface area contributed by atoms with Crippen molar-refractivity contribution in [3.63, 3.8) is 0 Å². The fourth-order valence-electron chi connectivity index (χ4n) is 7.28. The number of aryl methyl sites for hydroxylation is 1. The molecule has 3 aliphatic rings. The summed E-state index contributed by atoms with van der Waals surface area (Å²) in [5, 5.41) is 0. The highest BCUT2D eigenvalue weighted by molar-refractivity contribution is 5.91. The number of benzene rings is 3. The highest BCUT2D eigenvalue weighted by Crippen LogP contribution is 2.61. The van der Waals surface area contributed by atoms with Crippen LogP contribution in [0.15, 0.2) is 78.9 Å². The molecule has 4 nitrogen and oxygen atoms in total. The van der Waals surface area contributed by atoms with Gasteiger partial charge in [-0.3, -0.25) is 0 Å². The van der Waals surface area contributed by atoms with Gasteiger partial charge in [-0.1, -0.05) is 49.4 Å². The summed E-state index contributed by atoms with van der Waals surface area (Å²) < 4.78 is 11.8. The third-order valence-corrected chi connectivity index (χ3v) is 9.09. The van der Waals surface area contributed by atoms with Crippen molar-refractivity contribution in [2.45, 2.75) is 57.5 Å². The van der Waals surface area contributed by atoms with Gasteiger partial charge in [-0.15, -0.1) is 0 Å². The van der Waals surface area contributed by atoms with Crippen LogP contribution in [0.2, 0.25) is 0 Å². The minimum Gasteiger partial charge on any atom is -0.458 e. The van der Waals surface area contributed by atoms with Crippen LogP contribution < -0.4 is 4.74 Å². The molecule has 0 amide bonds. The predicted octanol–water partition coefficient (Wildman–Crippen LogP) is 6.99. The summed E-state index contributed by atoms with van der Waals surface area (Å²) in [6.07, 6.45) is 6.35. The van der Waals surface area contributed by atoms with Crippen molar-refractivity contribution in [3.05, 3.63) is 101 Å². The first-order chi connectivity index (χ1) is 17.5. The number of hydrogen-bond donors (Lipinski definition) is 0. The summed E-state index contributed by atoms with van der Waals surface area (Å²) in [5.41, 5.74) is 3.95. The molecular weight excluding hydrogens is 448 g/mol. The van der Waals surface area contributed by atoms with Crippen molar-refractivity contribution in [3.8, 4) is 5.75 Å². The highest BCUT2D eigenvalue weighted by atomic mass is 16.5. The molecule has 0 bridgehead atoms. The molecule has 2 saturated carbocycles. The molecule has 5 atom stereocenters. The minimum absolute atomic E-state index is 0.0164. The lowest BCUT2D eigenvalue weighted by atomic mass is 9.55. The van der Waals surface area contributed by atoms with Crippen LogP contribution in [0.5, 0.6) is 5.75 Å². The van der Waals surface area contributed by atoms with Crippen LogP contribution in [-0.4, -0.2) is 18.0 Å². The fourth-order valence-corrected chi connectivity index (χ4v) is 7.28. The van der Waals surface area contributed by atoms with Gasteiger partial charge in [-0.2, -0.15) is 0 Å². The quantitative estimate of drug-likeness (QED) is 0.298. The number of esters is 2. The van der Waals surface area contributed by atoms with E-state index in [1.807, 2.05) is 54.6 Å². The van der Waals surface area contributed by atoms with E-state index in [1.165, 1.54) is 11.1 Å². The zero-order valence-corrected chi connectivity index (χ0v) is 20.7. The number of rotatable bonds is 4. The van der Waals surface area contributed by atoms with Gasteiger partial charge in [0.05, 0.1) is 11.1 Å². The second-order valence-corrected chi connectivity index (χ2v) is 10.9. The van der Waals surface area contributed by atoms with Crippen molar-refractivity contribution in [2.24, 2.45) is 17.3 Å². The van der Waals surface area contributed by atoms with Gasteiger partial charge in [0.2, 0.25) is 0 Å². The van der Waals surface area contributed by atoms with Gasteiger partial charge in [0, 0.05) is 5.41 Å². The van der Waals surface area contributed by atoms with Gasteiger partial charge in [-0.05, 0) is 104 Å². The van der Waals surface area contributed by atoms with Crippen molar-refractivity contribution >= 4 is 11.9 Å². The van der Waals surface area contributed by atoms with Crippen LogP contribution in [-0.2, 0) is 11.2 Å². The molecule has 0 radical (unpaired) electrons. The number of carbonyl (C=O) groups excluding carboxylic acids is 2. The molecular formula is C32H32O4. The van der Waals surface area contributed by atoms with E-state index in [0.29, 0.717) is 34.6 Å². The maximum atomic E-state index is 12.8. The molecule has 0 spiro atoms. The van der Waals surface area contributed by atoms with E-state index in [9.17, 15) is 9.59 Å². The van der Waals surface area contributed by atoms with E-state index >= 15 is 0 Å². The van der Waals surface area contributed by atoms with Crippen molar-refractivity contribution in [1.82, 2.24) is 0 Å². The Bertz CT molecular complexity index is 1270. The summed E-state index contributed by atoms with van der Waals surface area (Å²) >= 11 is 0. The lowest BCUT2D eigenvalue weighted by molar-refractivity contribution is -0.0427. The van der Waals surface area contributed by atoms with Gasteiger partial charge in [0.1, 0.15) is 11.9 Å². The Morgan fingerprint density at radius 1 is 0.806 bits per heavy atom. The third-order valence-electron chi connectivity index (χ3n) is 9.09. The van der Waals surface area contributed by atoms with Crippen LogP contribution in [0, 0.1) is 17.3 Å². The molecule has 0 heterocycles. The Balaban J connectivity index is 1.17. The second-order valence-electron chi connectivity index (χ2n) is 10.9. The van der Waals surface area contributed by atoms with E-state index in [1.54, 1.807) is 12.1 Å². The molecule has 184 valence electrons. The maximum absolute atomic E-state index is 12.8. The zero-order valence-electron chi connectivity index (χ0n) is 20.7. The molecule has 0 saturated heterocycles. The van der Waals surface area contributed by atoms with Gasteiger partial charge in [-0.25, -0.2) is 9.59 Å². The van der Waals surface area contributed by atoms with E-state index in [0.717, 1.165) is 38.5 Å². The molecule has 0 aliphatic heterocycles.